The number of thioether (sulfide) groups is 1. The monoisotopic (exact) mass is 307 g/mol. The largest absolute Gasteiger partial charge is 0.460 e. The average Bonchev–Trinajstić information content (AvgIpc) is 2.57. The molecule has 0 aliphatic carbocycles. The van der Waals surface area contributed by atoms with E-state index in [2.05, 4.69) is 33.6 Å². The number of ether oxygens (including phenoxy) is 1. The average molecular weight is 307 g/mol. The summed E-state index contributed by atoms with van der Waals surface area (Å²) in [7, 11) is 0. The van der Waals surface area contributed by atoms with E-state index in [1.807, 2.05) is 12.4 Å². The lowest BCUT2D eigenvalue weighted by Crippen LogP contribution is -2.45. The summed E-state index contributed by atoms with van der Waals surface area (Å²) in [5.74, 6) is 2.66. The molecule has 1 aromatic heterocycles. The van der Waals surface area contributed by atoms with Gasteiger partial charge < -0.3 is 9.64 Å². The highest BCUT2D eigenvalue weighted by atomic mass is 32.2. The van der Waals surface area contributed by atoms with E-state index in [0.29, 0.717) is 6.01 Å². The first kappa shape index (κ1) is 15.1. The lowest BCUT2D eigenvalue weighted by atomic mass is 10.0. The Hall–Kier alpha value is -0.810. The van der Waals surface area contributed by atoms with Crippen molar-refractivity contribution >= 4 is 11.8 Å². The maximum absolute atomic E-state index is 5.94. The van der Waals surface area contributed by atoms with Crippen LogP contribution in [0, 0.1) is 0 Å². The van der Waals surface area contributed by atoms with Crippen molar-refractivity contribution in [3.05, 3.63) is 18.0 Å². The SMILES string of the molecule is CCc1cnc(OC2CCN(C3CCSCC3)CC2)nc1. The number of hydrogen-bond donors (Lipinski definition) is 0. The molecule has 4 nitrogen and oxygen atoms in total. The maximum Gasteiger partial charge on any atom is 0.316 e. The fourth-order valence-corrected chi connectivity index (χ4v) is 4.23. The summed E-state index contributed by atoms with van der Waals surface area (Å²) in [6.07, 6.45) is 9.92. The van der Waals surface area contributed by atoms with Crippen molar-refractivity contribution in [1.29, 1.82) is 0 Å². The predicted octanol–water partition coefficient (Wildman–Crippen LogP) is 2.78. The van der Waals surface area contributed by atoms with Crippen LogP contribution in [-0.4, -0.2) is 51.6 Å². The first-order valence-electron chi connectivity index (χ1n) is 8.14. The Labute approximate surface area is 131 Å². The van der Waals surface area contributed by atoms with Crippen molar-refractivity contribution in [2.45, 2.75) is 51.2 Å². The van der Waals surface area contributed by atoms with Crippen LogP contribution in [0.15, 0.2) is 12.4 Å². The number of aromatic nitrogens is 2. The molecule has 116 valence electrons. The minimum atomic E-state index is 0.284. The van der Waals surface area contributed by atoms with Crippen LogP contribution < -0.4 is 4.74 Å². The fraction of sp³-hybridized carbons (Fsp3) is 0.750. The van der Waals surface area contributed by atoms with Crippen molar-refractivity contribution in [2.24, 2.45) is 0 Å². The molecule has 2 saturated heterocycles. The Balaban J connectivity index is 1.46. The topological polar surface area (TPSA) is 38.2 Å². The highest BCUT2D eigenvalue weighted by molar-refractivity contribution is 7.99. The Bertz CT molecular complexity index is 426. The molecule has 0 bridgehead atoms. The Morgan fingerprint density at radius 3 is 2.43 bits per heavy atom. The van der Waals surface area contributed by atoms with Crippen LogP contribution in [0.1, 0.15) is 38.2 Å². The van der Waals surface area contributed by atoms with Gasteiger partial charge >= 0.3 is 6.01 Å². The van der Waals surface area contributed by atoms with Gasteiger partial charge in [0.2, 0.25) is 0 Å². The first-order chi connectivity index (χ1) is 10.3. The van der Waals surface area contributed by atoms with Crippen molar-refractivity contribution < 1.29 is 4.74 Å². The highest BCUT2D eigenvalue weighted by Gasteiger charge is 2.27. The molecule has 21 heavy (non-hydrogen) atoms. The molecule has 0 spiro atoms. The van der Waals surface area contributed by atoms with E-state index >= 15 is 0 Å². The van der Waals surface area contributed by atoms with Gasteiger partial charge in [-0.1, -0.05) is 6.92 Å². The summed E-state index contributed by atoms with van der Waals surface area (Å²) in [5, 5.41) is 0. The molecule has 2 aliphatic heterocycles. The number of aryl methyl sites for hydroxylation is 1. The highest BCUT2D eigenvalue weighted by Crippen LogP contribution is 2.25. The fourth-order valence-electron chi connectivity index (χ4n) is 3.14. The van der Waals surface area contributed by atoms with E-state index in [0.717, 1.165) is 44.0 Å². The quantitative estimate of drug-likeness (QED) is 0.855. The third-order valence-corrected chi connectivity index (χ3v) is 5.59. The number of piperidine rings is 1. The lowest BCUT2D eigenvalue weighted by Gasteiger charge is -2.38. The molecule has 0 aromatic carbocycles. The Morgan fingerprint density at radius 1 is 1.14 bits per heavy atom. The Morgan fingerprint density at radius 2 is 1.81 bits per heavy atom. The lowest BCUT2D eigenvalue weighted by molar-refractivity contribution is 0.0670. The van der Waals surface area contributed by atoms with E-state index in [-0.39, 0.29) is 6.10 Å². The second kappa shape index (κ2) is 7.45. The molecular formula is C16H25N3OS. The molecule has 2 fully saturated rings. The molecule has 0 atom stereocenters. The number of likely N-dealkylation sites (tertiary alicyclic amines) is 1. The number of nitrogens with zero attached hydrogens (tertiary/aromatic N) is 3. The van der Waals surface area contributed by atoms with Gasteiger partial charge in [0, 0.05) is 31.5 Å². The van der Waals surface area contributed by atoms with Crippen LogP contribution >= 0.6 is 11.8 Å². The van der Waals surface area contributed by atoms with E-state index in [4.69, 9.17) is 4.74 Å². The van der Waals surface area contributed by atoms with Gasteiger partial charge in [-0.15, -0.1) is 0 Å². The van der Waals surface area contributed by atoms with Crippen LogP contribution in [-0.2, 0) is 6.42 Å². The molecule has 0 saturated carbocycles. The van der Waals surface area contributed by atoms with E-state index in [9.17, 15) is 0 Å². The predicted molar refractivity (Wildman–Crippen MR) is 87.0 cm³/mol. The van der Waals surface area contributed by atoms with Crippen LogP contribution in [0.25, 0.3) is 0 Å². The third kappa shape index (κ3) is 4.10. The molecule has 0 N–H and O–H groups in total. The molecular weight excluding hydrogens is 282 g/mol. The summed E-state index contributed by atoms with van der Waals surface area (Å²) < 4.78 is 5.94. The van der Waals surface area contributed by atoms with Gasteiger partial charge in [-0.2, -0.15) is 11.8 Å². The minimum absolute atomic E-state index is 0.284. The molecule has 0 amide bonds. The van der Waals surface area contributed by atoms with Gasteiger partial charge in [-0.3, -0.25) is 0 Å². The minimum Gasteiger partial charge on any atom is -0.460 e. The van der Waals surface area contributed by atoms with E-state index in [1.54, 1.807) is 0 Å². The molecule has 2 aliphatic rings. The summed E-state index contributed by atoms with van der Waals surface area (Å²) in [6.45, 7) is 4.43. The van der Waals surface area contributed by atoms with Crippen LogP contribution in [0.3, 0.4) is 0 Å². The zero-order valence-electron chi connectivity index (χ0n) is 12.8. The summed E-state index contributed by atoms with van der Waals surface area (Å²) in [6, 6.07) is 1.35. The first-order valence-corrected chi connectivity index (χ1v) is 9.30. The number of rotatable bonds is 4. The van der Waals surface area contributed by atoms with E-state index in [1.165, 1.54) is 24.3 Å². The number of hydrogen-bond acceptors (Lipinski definition) is 5. The summed E-state index contributed by atoms with van der Waals surface area (Å²) in [4.78, 5) is 11.3. The van der Waals surface area contributed by atoms with Gasteiger partial charge in [0.15, 0.2) is 0 Å². The molecule has 0 radical (unpaired) electrons. The molecule has 3 heterocycles. The van der Waals surface area contributed by atoms with Gasteiger partial charge in [0.25, 0.3) is 0 Å². The third-order valence-electron chi connectivity index (χ3n) is 4.55. The zero-order chi connectivity index (χ0) is 14.5. The van der Waals surface area contributed by atoms with E-state index < -0.39 is 0 Å². The van der Waals surface area contributed by atoms with Gasteiger partial charge in [0.05, 0.1) is 0 Å². The maximum atomic E-state index is 5.94. The van der Waals surface area contributed by atoms with Crippen molar-refractivity contribution in [1.82, 2.24) is 14.9 Å². The van der Waals surface area contributed by atoms with Gasteiger partial charge in [-0.05, 0) is 49.2 Å². The Kier molecular flexibility index (Phi) is 5.36. The zero-order valence-corrected chi connectivity index (χ0v) is 13.6. The van der Waals surface area contributed by atoms with Crippen molar-refractivity contribution in [2.75, 3.05) is 24.6 Å². The standard InChI is InChI=1S/C16H25N3OS/c1-2-13-11-17-16(18-12-13)20-15-3-7-19(8-4-15)14-5-9-21-10-6-14/h11-12,14-15H,2-10H2,1H3. The molecule has 5 heteroatoms. The van der Waals surface area contributed by atoms with Gasteiger partial charge in [-0.25, -0.2) is 9.97 Å². The van der Waals surface area contributed by atoms with Gasteiger partial charge in [0.1, 0.15) is 6.10 Å². The van der Waals surface area contributed by atoms with Crippen molar-refractivity contribution in [3.63, 3.8) is 0 Å². The second-order valence-electron chi connectivity index (χ2n) is 5.92. The normalized spacial score (nSPS) is 22.3. The summed E-state index contributed by atoms with van der Waals surface area (Å²) >= 11 is 2.10. The molecule has 1 aromatic rings. The summed E-state index contributed by atoms with van der Waals surface area (Å²) in [5.41, 5.74) is 1.16. The van der Waals surface area contributed by atoms with Crippen LogP contribution in [0.5, 0.6) is 6.01 Å². The smallest absolute Gasteiger partial charge is 0.316 e. The molecule has 0 unspecified atom stereocenters. The van der Waals surface area contributed by atoms with Crippen LogP contribution in [0.4, 0.5) is 0 Å². The molecule has 3 rings (SSSR count). The van der Waals surface area contributed by atoms with Crippen LogP contribution in [0.2, 0.25) is 0 Å². The second-order valence-corrected chi connectivity index (χ2v) is 7.15. The van der Waals surface area contributed by atoms with Crippen molar-refractivity contribution in [3.8, 4) is 6.01 Å².